The molecule has 0 saturated heterocycles. The highest BCUT2D eigenvalue weighted by Gasteiger charge is 2.09. The molecule has 1 atom stereocenters. The van der Waals surface area contributed by atoms with E-state index in [1.54, 1.807) is 16.8 Å². The molecule has 0 aliphatic heterocycles. The number of hydrogen-bond donors (Lipinski definition) is 1. The smallest absolute Gasteiger partial charge is 0.123 e. The first kappa shape index (κ1) is 12.8. The van der Waals surface area contributed by atoms with Crippen molar-refractivity contribution in [3.05, 3.63) is 53.6 Å². The van der Waals surface area contributed by atoms with Crippen LogP contribution in [0.15, 0.2) is 36.7 Å². The van der Waals surface area contributed by atoms with Gasteiger partial charge in [-0.05, 0) is 24.1 Å². The first-order chi connectivity index (χ1) is 8.69. The van der Waals surface area contributed by atoms with Crippen molar-refractivity contribution < 1.29 is 4.39 Å². The molecule has 1 unspecified atom stereocenters. The van der Waals surface area contributed by atoms with Crippen LogP contribution in [0.25, 0.3) is 0 Å². The fourth-order valence-electron chi connectivity index (χ4n) is 2.03. The Morgan fingerprint density at radius 3 is 2.89 bits per heavy atom. The molecule has 1 N–H and O–H groups in total. The number of aryl methyl sites for hydroxylation is 1. The maximum Gasteiger partial charge on any atom is 0.123 e. The van der Waals surface area contributed by atoms with Crippen LogP contribution < -0.4 is 5.32 Å². The van der Waals surface area contributed by atoms with Gasteiger partial charge in [0.2, 0.25) is 0 Å². The van der Waals surface area contributed by atoms with Gasteiger partial charge in [0.25, 0.3) is 0 Å². The number of nitrogens with zero attached hydrogens (tertiary/aromatic N) is 2. The molecule has 1 heterocycles. The Hall–Kier alpha value is -1.68. The van der Waals surface area contributed by atoms with Crippen molar-refractivity contribution in [3.8, 4) is 0 Å². The Kier molecular flexibility index (Phi) is 4.10. The molecule has 96 valence electrons. The Labute approximate surface area is 107 Å². The van der Waals surface area contributed by atoms with Gasteiger partial charge in [0, 0.05) is 31.4 Å². The average Bonchev–Trinajstić information content (AvgIpc) is 2.76. The summed E-state index contributed by atoms with van der Waals surface area (Å²) in [5, 5.41) is 7.55. The summed E-state index contributed by atoms with van der Waals surface area (Å²) < 4.78 is 15.0. The SMILES string of the molecule is CCC(NCc1cnn(C)c1)c1cccc(F)c1. The molecule has 1 aromatic carbocycles. The number of nitrogens with one attached hydrogen (secondary N) is 1. The van der Waals surface area contributed by atoms with E-state index in [0.717, 1.165) is 24.1 Å². The van der Waals surface area contributed by atoms with Crippen LogP contribution in [0.4, 0.5) is 4.39 Å². The normalized spacial score (nSPS) is 12.6. The van der Waals surface area contributed by atoms with Crippen LogP contribution in [-0.2, 0) is 13.6 Å². The van der Waals surface area contributed by atoms with Gasteiger partial charge in [0.1, 0.15) is 5.82 Å². The second-order valence-corrected chi connectivity index (χ2v) is 4.42. The van der Waals surface area contributed by atoms with Gasteiger partial charge in [0.05, 0.1) is 6.20 Å². The van der Waals surface area contributed by atoms with Crippen molar-refractivity contribution in [2.75, 3.05) is 0 Å². The van der Waals surface area contributed by atoms with Gasteiger partial charge < -0.3 is 5.32 Å². The molecule has 0 saturated carbocycles. The molecule has 0 aliphatic rings. The minimum Gasteiger partial charge on any atom is -0.306 e. The number of halogens is 1. The number of aromatic nitrogens is 2. The number of hydrogen-bond acceptors (Lipinski definition) is 2. The van der Waals surface area contributed by atoms with E-state index in [2.05, 4.69) is 17.3 Å². The molecular weight excluding hydrogens is 229 g/mol. The van der Waals surface area contributed by atoms with E-state index in [-0.39, 0.29) is 11.9 Å². The maximum atomic E-state index is 13.2. The van der Waals surface area contributed by atoms with E-state index in [0.29, 0.717) is 0 Å². The monoisotopic (exact) mass is 247 g/mol. The van der Waals surface area contributed by atoms with Gasteiger partial charge in [-0.25, -0.2) is 4.39 Å². The quantitative estimate of drug-likeness (QED) is 0.880. The molecule has 0 radical (unpaired) electrons. The van der Waals surface area contributed by atoms with Crippen LogP contribution in [0, 0.1) is 5.82 Å². The second-order valence-electron chi connectivity index (χ2n) is 4.42. The van der Waals surface area contributed by atoms with Crippen molar-refractivity contribution in [2.24, 2.45) is 7.05 Å². The van der Waals surface area contributed by atoms with Crippen LogP contribution in [0.2, 0.25) is 0 Å². The van der Waals surface area contributed by atoms with Crippen molar-refractivity contribution >= 4 is 0 Å². The van der Waals surface area contributed by atoms with Gasteiger partial charge >= 0.3 is 0 Å². The third kappa shape index (κ3) is 3.17. The Morgan fingerprint density at radius 2 is 2.28 bits per heavy atom. The molecule has 0 fully saturated rings. The minimum absolute atomic E-state index is 0.168. The van der Waals surface area contributed by atoms with E-state index in [1.165, 1.54) is 6.07 Å². The Balaban J connectivity index is 2.01. The maximum absolute atomic E-state index is 13.2. The number of benzene rings is 1. The lowest BCUT2D eigenvalue weighted by atomic mass is 10.0. The minimum atomic E-state index is -0.186. The Bertz CT molecular complexity index is 507. The standard InChI is InChI=1S/C14H18FN3/c1-3-14(12-5-4-6-13(15)7-12)16-8-11-9-17-18(2)10-11/h4-7,9-10,14,16H,3,8H2,1-2H3. The topological polar surface area (TPSA) is 29.9 Å². The van der Waals surface area contributed by atoms with E-state index in [9.17, 15) is 4.39 Å². The predicted molar refractivity (Wildman–Crippen MR) is 69.5 cm³/mol. The van der Waals surface area contributed by atoms with Crippen molar-refractivity contribution in [1.82, 2.24) is 15.1 Å². The largest absolute Gasteiger partial charge is 0.306 e. The van der Waals surface area contributed by atoms with Gasteiger partial charge in [0.15, 0.2) is 0 Å². The molecule has 3 nitrogen and oxygen atoms in total. The summed E-state index contributed by atoms with van der Waals surface area (Å²) in [6.45, 7) is 2.83. The van der Waals surface area contributed by atoms with Crippen LogP contribution >= 0.6 is 0 Å². The zero-order chi connectivity index (χ0) is 13.0. The summed E-state index contributed by atoms with van der Waals surface area (Å²) in [7, 11) is 1.90. The van der Waals surface area contributed by atoms with Gasteiger partial charge in [-0.2, -0.15) is 5.10 Å². The van der Waals surface area contributed by atoms with Crippen LogP contribution in [0.5, 0.6) is 0 Å². The molecule has 0 aliphatic carbocycles. The summed E-state index contributed by atoms with van der Waals surface area (Å²) in [5.74, 6) is -0.186. The lowest BCUT2D eigenvalue weighted by molar-refractivity contribution is 0.514. The third-order valence-corrected chi connectivity index (χ3v) is 2.97. The molecule has 0 bridgehead atoms. The predicted octanol–water partition coefficient (Wildman–Crippen LogP) is 2.80. The summed E-state index contributed by atoms with van der Waals surface area (Å²) in [6, 6.07) is 6.93. The first-order valence-electron chi connectivity index (χ1n) is 6.15. The highest BCUT2D eigenvalue weighted by atomic mass is 19.1. The molecule has 1 aromatic heterocycles. The summed E-state index contributed by atoms with van der Waals surface area (Å²) >= 11 is 0. The lowest BCUT2D eigenvalue weighted by Gasteiger charge is -2.17. The van der Waals surface area contributed by atoms with Crippen molar-refractivity contribution in [2.45, 2.75) is 25.9 Å². The zero-order valence-electron chi connectivity index (χ0n) is 10.7. The third-order valence-electron chi connectivity index (χ3n) is 2.97. The van der Waals surface area contributed by atoms with E-state index < -0.39 is 0 Å². The van der Waals surface area contributed by atoms with Gasteiger partial charge in [-0.15, -0.1) is 0 Å². The number of rotatable bonds is 5. The molecular formula is C14H18FN3. The van der Waals surface area contributed by atoms with E-state index in [1.807, 2.05) is 25.5 Å². The summed E-state index contributed by atoms with van der Waals surface area (Å²) in [4.78, 5) is 0. The average molecular weight is 247 g/mol. The fourth-order valence-corrected chi connectivity index (χ4v) is 2.03. The molecule has 0 spiro atoms. The van der Waals surface area contributed by atoms with E-state index in [4.69, 9.17) is 0 Å². The Morgan fingerprint density at radius 1 is 1.44 bits per heavy atom. The second kappa shape index (κ2) is 5.78. The zero-order valence-corrected chi connectivity index (χ0v) is 10.7. The summed E-state index contributed by atoms with van der Waals surface area (Å²) in [6.07, 6.45) is 4.74. The first-order valence-corrected chi connectivity index (χ1v) is 6.15. The van der Waals surface area contributed by atoms with Crippen LogP contribution in [-0.4, -0.2) is 9.78 Å². The van der Waals surface area contributed by atoms with Crippen LogP contribution in [0.3, 0.4) is 0 Å². The van der Waals surface area contributed by atoms with Gasteiger partial charge in [-0.1, -0.05) is 19.1 Å². The highest BCUT2D eigenvalue weighted by Crippen LogP contribution is 2.18. The van der Waals surface area contributed by atoms with Gasteiger partial charge in [-0.3, -0.25) is 4.68 Å². The highest BCUT2D eigenvalue weighted by molar-refractivity contribution is 5.20. The lowest BCUT2D eigenvalue weighted by Crippen LogP contribution is -2.20. The van der Waals surface area contributed by atoms with Crippen LogP contribution in [0.1, 0.15) is 30.5 Å². The summed E-state index contributed by atoms with van der Waals surface area (Å²) in [5.41, 5.74) is 2.12. The molecule has 18 heavy (non-hydrogen) atoms. The van der Waals surface area contributed by atoms with Crippen molar-refractivity contribution in [1.29, 1.82) is 0 Å². The van der Waals surface area contributed by atoms with E-state index >= 15 is 0 Å². The molecule has 4 heteroatoms. The molecule has 2 rings (SSSR count). The molecule has 2 aromatic rings. The fraction of sp³-hybridized carbons (Fsp3) is 0.357. The molecule has 0 amide bonds. The van der Waals surface area contributed by atoms with Crippen molar-refractivity contribution in [3.63, 3.8) is 0 Å².